The fourth-order valence-electron chi connectivity index (χ4n) is 2.19. The first-order valence-corrected chi connectivity index (χ1v) is 6.05. The van der Waals surface area contributed by atoms with Crippen LogP contribution in [-0.2, 0) is 11.3 Å². The molecule has 1 fully saturated rings. The lowest BCUT2D eigenvalue weighted by molar-refractivity contribution is 0.00235. The molecule has 1 heterocycles. The molecule has 2 N–H and O–H groups in total. The summed E-state index contributed by atoms with van der Waals surface area (Å²) in [7, 11) is 0. The van der Waals surface area contributed by atoms with Gasteiger partial charge in [0, 0.05) is 12.2 Å². The van der Waals surface area contributed by atoms with Crippen LogP contribution in [0, 0.1) is 6.92 Å². The summed E-state index contributed by atoms with van der Waals surface area (Å²) in [5, 5.41) is 0. The highest BCUT2D eigenvalue weighted by molar-refractivity contribution is 5.16. The molecule has 0 bridgehead atoms. The van der Waals surface area contributed by atoms with Gasteiger partial charge in [0.25, 0.3) is 0 Å². The number of nitrogens with zero attached hydrogens (tertiary/aromatic N) is 1. The summed E-state index contributed by atoms with van der Waals surface area (Å²) in [5.74, 6) is 0. The number of hydrogen-bond acceptors (Lipinski definition) is 3. The zero-order valence-electron chi connectivity index (χ0n) is 9.86. The second kappa shape index (κ2) is 5.41. The Morgan fingerprint density at radius 3 is 3.00 bits per heavy atom. The Kier molecular flexibility index (Phi) is 3.91. The molecule has 3 nitrogen and oxygen atoms in total. The molecular weight excluding hydrogens is 200 g/mol. The minimum absolute atomic E-state index is 0.206. The Hall–Kier alpha value is -0.930. The van der Waals surface area contributed by atoms with Crippen molar-refractivity contribution in [3.63, 3.8) is 0 Å². The summed E-state index contributed by atoms with van der Waals surface area (Å²) >= 11 is 0. The topological polar surface area (TPSA) is 48.1 Å². The molecule has 0 aliphatic heterocycles. The maximum Gasteiger partial charge on any atom is 0.0895 e. The molecule has 1 aliphatic carbocycles. The van der Waals surface area contributed by atoms with Crippen molar-refractivity contribution in [3.8, 4) is 0 Å². The fraction of sp³-hybridized carbons (Fsp3) is 0.615. The van der Waals surface area contributed by atoms with Crippen molar-refractivity contribution in [2.75, 3.05) is 0 Å². The van der Waals surface area contributed by atoms with E-state index in [4.69, 9.17) is 10.5 Å². The number of aryl methyl sites for hydroxylation is 1. The summed E-state index contributed by atoms with van der Waals surface area (Å²) in [4.78, 5) is 4.32. The van der Waals surface area contributed by atoms with E-state index in [-0.39, 0.29) is 12.1 Å². The number of aromatic nitrogens is 1. The highest BCUT2D eigenvalue weighted by atomic mass is 16.5. The van der Waals surface area contributed by atoms with Crippen molar-refractivity contribution < 1.29 is 4.74 Å². The molecule has 1 saturated carbocycles. The van der Waals surface area contributed by atoms with E-state index in [0.29, 0.717) is 6.61 Å². The van der Waals surface area contributed by atoms with E-state index in [1.807, 2.05) is 12.3 Å². The lowest BCUT2D eigenvalue weighted by atomic mass is 9.93. The van der Waals surface area contributed by atoms with Crippen molar-refractivity contribution in [3.05, 3.63) is 29.6 Å². The van der Waals surface area contributed by atoms with Crippen LogP contribution in [0.4, 0.5) is 0 Å². The van der Waals surface area contributed by atoms with Gasteiger partial charge in [-0.05, 0) is 31.4 Å². The molecular formula is C13H20N2O. The van der Waals surface area contributed by atoms with Crippen LogP contribution in [0.5, 0.6) is 0 Å². The van der Waals surface area contributed by atoms with E-state index in [0.717, 1.165) is 18.5 Å². The van der Waals surface area contributed by atoms with Crippen LogP contribution in [0.15, 0.2) is 18.3 Å². The van der Waals surface area contributed by atoms with E-state index < -0.39 is 0 Å². The second-order valence-electron chi connectivity index (χ2n) is 4.56. The molecule has 3 heteroatoms. The van der Waals surface area contributed by atoms with E-state index in [1.165, 1.54) is 18.4 Å². The summed E-state index contributed by atoms with van der Waals surface area (Å²) in [5.41, 5.74) is 8.25. The quantitative estimate of drug-likeness (QED) is 0.849. The van der Waals surface area contributed by atoms with E-state index in [9.17, 15) is 0 Å². The number of nitrogens with two attached hydrogens (primary N) is 1. The van der Waals surface area contributed by atoms with E-state index >= 15 is 0 Å². The van der Waals surface area contributed by atoms with Crippen LogP contribution in [0.3, 0.4) is 0 Å². The van der Waals surface area contributed by atoms with Crippen LogP contribution in [0.25, 0.3) is 0 Å². The van der Waals surface area contributed by atoms with Crippen LogP contribution < -0.4 is 5.73 Å². The largest absolute Gasteiger partial charge is 0.370 e. The molecule has 16 heavy (non-hydrogen) atoms. The van der Waals surface area contributed by atoms with Gasteiger partial charge in [-0.2, -0.15) is 0 Å². The Balaban J connectivity index is 1.89. The average Bonchev–Trinajstić information content (AvgIpc) is 2.30. The molecule has 0 aromatic carbocycles. The highest BCUT2D eigenvalue weighted by Crippen LogP contribution is 2.20. The average molecular weight is 220 g/mol. The van der Waals surface area contributed by atoms with Gasteiger partial charge >= 0.3 is 0 Å². The molecule has 0 radical (unpaired) electrons. The molecule has 2 unspecified atom stereocenters. The van der Waals surface area contributed by atoms with Gasteiger partial charge in [0.2, 0.25) is 0 Å². The van der Waals surface area contributed by atoms with Gasteiger partial charge in [-0.1, -0.05) is 18.9 Å². The maximum atomic E-state index is 6.04. The van der Waals surface area contributed by atoms with Gasteiger partial charge < -0.3 is 10.5 Å². The third-order valence-corrected chi connectivity index (χ3v) is 3.31. The first-order valence-electron chi connectivity index (χ1n) is 6.05. The van der Waals surface area contributed by atoms with Crippen LogP contribution in [0.2, 0.25) is 0 Å². The van der Waals surface area contributed by atoms with Gasteiger partial charge in [-0.15, -0.1) is 0 Å². The fourth-order valence-corrected chi connectivity index (χ4v) is 2.19. The summed E-state index contributed by atoms with van der Waals surface area (Å²) in [6.45, 7) is 2.65. The molecule has 0 spiro atoms. The number of pyridine rings is 1. The van der Waals surface area contributed by atoms with E-state index in [2.05, 4.69) is 18.0 Å². The zero-order valence-corrected chi connectivity index (χ0v) is 9.86. The lowest BCUT2D eigenvalue weighted by Crippen LogP contribution is -2.39. The molecule has 2 rings (SSSR count). The van der Waals surface area contributed by atoms with E-state index in [1.54, 1.807) is 0 Å². The molecule has 0 amide bonds. The summed E-state index contributed by atoms with van der Waals surface area (Å²) in [6, 6.07) is 4.22. The molecule has 2 atom stereocenters. The Morgan fingerprint density at radius 1 is 1.44 bits per heavy atom. The Morgan fingerprint density at radius 2 is 2.25 bits per heavy atom. The highest BCUT2D eigenvalue weighted by Gasteiger charge is 2.22. The van der Waals surface area contributed by atoms with Gasteiger partial charge in [-0.3, -0.25) is 4.98 Å². The van der Waals surface area contributed by atoms with Crippen molar-refractivity contribution in [2.24, 2.45) is 5.73 Å². The predicted octanol–water partition coefficient (Wildman–Crippen LogP) is 2.18. The smallest absolute Gasteiger partial charge is 0.0895 e. The first-order chi connectivity index (χ1) is 7.77. The second-order valence-corrected chi connectivity index (χ2v) is 4.56. The van der Waals surface area contributed by atoms with Crippen molar-refractivity contribution in [2.45, 2.75) is 51.4 Å². The SMILES string of the molecule is Cc1cccnc1COC1CCCCC1N. The van der Waals surface area contributed by atoms with Gasteiger partial charge in [0.1, 0.15) is 0 Å². The molecule has 88 valence electrons. The number of hydrogen-bond donors (Lipinski definition) is 1. The monoisotopic (exact) mass is 220 g/mol. The van der Waals surface area contributed by atoms with Crippen LogP contribution in [0.1, 0.15) is 36.9 Å². The van der Waals surface area contributed by atoms with Crippen molar-refractivity contribution in [1.82, 2.24) is 4.98 Å². The van der Waals surface area contributed by atoms with Gasteiger partial charge in [0.05, 0.1) is 18.4 Å². The Labute approximate surface area is 97.0 Å². The molecule has 0 saturated heterocycles. The van der Waals surface area contributed by atoms with Crippen molar-refractivity contribution in [1.29, 1.82) is 0 Å². The number of rotatable bonds is 3. The molecule has 1 aromatic heterocycles. The normalized spacial score (nSPS) is 25.6. The van der Waals surface area contributed by atoms with Gasteiger partial charge in [-0.25, -0.2) is 0 Å². The third kappa shape index (κ3) is 2.80. The number of ether oxygens (including phenoxy) is 1. The van der Waals surface area contributed by atoms with Crippen molar-refractivity contribution >= 4 is 0 Å². The minimum atomic E-state index is 0.206. The molecule has 1 aliphatic rings. The summed E-state index contributed by atoms with van der Waals surface area (Å²) in [6.07, 6.45) is 6.68. The lowest BCUT2D eigenvalue weighted by Gasteiger charge is -2.28. The third-order valence-electron chi connectivity index (χ3n) is 3.31. The van der Waals surface area contributed by atoms with Crippen LogP contribution in [-0.4, -0.2) is 17.1 Å². The molecule has 1 aromatic rings. The first kappa shape index (κ1) is 11.6. The maximum absolute atomic E-state index is 6.04. The standard InChI is InChI=1S/C13H20N2O/c1-10-5-4-8-15-12(10)9-16-13-7-3-2-6-11(13)14/h4-5,8,11,13H,2-3,6-7,9,14H2,1H3. The van der Waals surface area contributed by atoms with Gasteiger partial charge in [0.15, 0.2) is 0 Å². The predicted molar refractivity (Wildman–Crippen MR) is 64.0 cm³/mol. The minimum Gasteiger partial charge on any atom is -0.370 e. The zero-order chi connectivity index (χ0) is 11.4. The van der Waals surface area contributed by atoms with Crippen LogP contribution >= 0.6 is 0 Å². The Bertz CT molecular complexity index is 340. The summed E-state index contributed by atoms with van der Waals surface area (Å²) < 4.78 is 5.87.